The fraction of sp³-hybridized carbons (Fsp3) is 0.391. The summed E-state index contributed by atoms with van der Waals surface area (Å²) in [7, 11) is 0. The van der Waals surface area contributed by atoms with E-state index in [9.17, 15) is 14.4 Å². The molecule has 3 aromatic rings. The van der Waals surface area contributed by atoms with Crippen LogP contribution in [0.4, 0.5) is 5.13 Å². The van der Waals surface area contributed by atoms with Crippen LogP contribution in [0.3, 0.4) is 0 Å². The number of nitrogens with zero attached hydrogens (tertiary/aromatic N) is 4. The number of nitrogens with one attached hydrogen (secondary N) is 1. The third kappa shape index (κ3) is 6.04. The van der Waals surface area contributed by atoms with Crippen molar-refractivity contribution in [1.29, 1.82) is 0 Å². The molecule has 0 bridgehead atoms. The predicted octanol–water partition coefficient (Wildman–Crippen LogP) is 3.55. The van der Waals surface area contributed by atoms with Gasteiger partial charge in [0.05, 0.1) is 12.3 Å². The van der Waals surface area contributed by atoms with Crippen molar-refractivity contribution in [3.63, 3.8) is 0 Å². The second-order valence-corrected chi connectivity index (χ2v) is 8.38. The van der Waals surface area contributed by atoms with Gasteiger partial charge in [-0.15, -0.1) is 0 Å². The van der Waals surface area contributed by atoms with E-state index in [0.29, 0.717) is 51.5 Å². The first-order chi connectivity index (χ1) is 16.3. The summed E-state index contributed by atoms with van der Waals surface area (Å²) < 4.78 is 10.1. The Morgan fingerprint density at radius 3 is 2.65 bits per heavy atom. The summed E-state index contributed by atoms with van der Waals surface area (Å²) in [5.74, 6) is -0.115. The van der Waals surface area contributed by atoms with Crippen LogP contribution in [-0.2, 0) is 9.53 Å². The Morgan fingerprint density at radius 2 is 1.97 bits per heavy atom. The molecule has 180 valence electrons. The number of rotatable bonds is 10. The Kier molecular flexibility index (Phi) is 8.47. The maximum atomic E-state index is 12.9. The molecule has 0 fully saturated rings. The lowest BCUT2D eigenvalue weighted by Crippen LogP contribution is -2.35. The summed E-state index contributed by atoms with van der Waals surface area (Å²) in [5, 5.41) is 7.08. The molecule has 0 aliphatic carbocycles. The van der Waals surface area contributed by atoms with Crippen LogP contribution in [0.5, 0.6) is 0 Å². The molecule has 1 N–H and O–H groups in total. The highest BCUT2D eigenvalue weighted by atomic mass is 32.1. The second kappa shape index (κ2) is 11.5. The van der Waals surface area contributed by atoms with E-state index in [4.69, 9.17) is 9.26 Å². The SMILES string of the molecule is CCCN(C(=O)CCNC(=O)c1cccc(-c2noc(C)n2)c1)c1nc(C)c(C(=O)OCC)s1. The summed E-state index contributed by atoms with van der Waals surface area (Å²) in [6, 6.07) is 6.86. The standard InChI is InChI=1S/C23H27N5O5S/c1-5-12-28(23-25-14(3)19(34-23)22(31)32-6-2)18(29)10-11-24-21(30)17-9-7-8-16(13-17)20-26-15(4)33-27-20/h7-9,13H,5-6,10-12H2,1-4H3,(H,24,30). The smallest absolute Gasteiger partial charge is 0.350 e. The van der Waals surface area contributed by atoms with Crippen molar-refractivity contribution < 1.29 is 23.6 Å². The fourth-order valence-corrected chi connectivity index (χ4v) is 4.17. The molecular formula is C23H27N5O5S. The van der Waals surface area contributed by atoms with Crippen LogP contribution in [0, 0.1) is 13.8 Å². The van der Waals surface area contributed by atoms with Gasteiger partial charge in [0.2, 0.25) is 17.6 Å². The number of hydrogen-bond acceptors (Lipinski definition) is 9. The number of carbonyl (C=O) groups excluding carboxylic acids is 3. The number of thiazole rings is 1. The first-order valence-electron chi connectivity index (χ1n) is 11.0. The monoisotopic (exact) mass is 485 g/mol. The maximum Gasteiger partial charge on any atom is 0.350 e. The van der Waals surface area contributed by atoms with Gasteiger partial charge in [0.25, 0.3) is 5.91 Å². The van der Waals surface area contributed by atoms with Crippen molar-refractivity contribution in [2.24, 2.45) is 0 Å². The fourth-order valence-electron chi connectivity index (χ4n) is 3.17. The van der Waals surface area contributed by atoms with E-state index >= 15 is 0 Å². The summed E-state index contributed by atoms with van der Waals surface area (Å²) in [6.45, 7) is 7.96. The van der Waals surface area contributed by atoms with Crippen molar-refractivity contribution in [2.45, 2.75) is 40.5 Å². The largest absolute Gasteiger partial charge is 0.462 e. The topological polar surface area (TPSA) is 128 Å². The van der Waals surface area contributed by atoms with Gasteiger partial charge < -0.3 is 14.6 Å². The Bertz CT molecular complexity index is 1170. The van der Waals surface area contributed by atoms with Crippen molar-refractivity contribution in [3.8, 4) is 11.4 Å². The van der Waals surface area contributed by atoms with Gasteiger partial charge in [0, 0.05) is 37.6 Å². The third-order valence-electron chi connectivity index (χ3n) is 4.76. The van der Waals surface area contributed by atoms with Crippen LogP contribution < -0.4 is 10.2 Å². The van der Waals surface area contributed by atoms with Gasteiger partial charge in [-0.1, -0.05) is 35.5 Å². The number of hydrogen-bond donors (Lipinski definition) is 1. The molecule has 0 spiro atoms. The number of ether oxygens (including phenoxy) is 1. The molecule has 34 heavy (non-hydrogen) atoms. The quantitative estimate of drug-likeness (QED) is 0.432. The number of carbonyl (C=O) groups is 3. The number of esters is 1. The Hall–Kier alpha value is -3.60. The van der Waals surface area contributed by atoms with Crippen molar-refractivity contribution in [2.75, 3.05) is 24.6 Å². The average molecular weight is 486 g/mol. The first-order valence-corrected chi connectivity index (χ1v) is 11.8. The van der Waals surface area contributed by atoms with Crippen LogP contribution in [0.2, 0.25) is 0 Å². The van der Waals surface area contributed by atoms with Crippen LogP contribution in [0.1, 0.15) is 58.3 Å². The second-order valence-electron chi connectivity index (χ2n) is 7.40. The van der Waals surface area contributed by atoms with Gasteiger partial charge in [-0.3, -0.25) is 14.5 Å². The van der Waals surface area contributed by atoms with Gasteiger partial charge in [-0.2, -0.15) is 4.98 Å². The van der Waals surface area contributed by atoms with Gasteiger partial charge in [-0.05, 0) is 32.4 Å². The van der Waals surface area contributed by atoms with E-state index in [1.807, 2.05) is 6.92 Å². The highest BCUT2D eigenvalue weighted by Crippen LogP contribution is 2.27. The van der Waals surface area contributed by atoms with Gasteiger partial charge in [0.15, 0.2) is 5.13 Å². The minimum Gasteiger partial charge on any atom is -0.462 e. The molecule has 10 nitrogen and oxygen atoms in total. The van der Waals surface area contributed by atoms with E-state index in [0.717, 1.165) is 11.3 Å². The molecule has 0 saturated carbocycles. The zero-order valence-electron chi connectivity index (χ0n) is 19.6. The first kappa shape index (κ1) is 25.0. The number of amides is 2. The Morgan fingerprint density at radius 1 is 1.18 bits per heavy atom. The van der Waals surface area contributed by atoms with E-state index in [2.05, 4.69) is 20.4 Å². The number of aryl methyl sites for hydroxylation is 2. The molecule has 0 aliphatic heterocycles. The molecule has 3 rings (SSSR count). The highest BCUT2D eigenvalue weighted by Gasteiger charge is 2.23. The number of aromatic nitrogens is 3. The highest BCUT2D eigenvalue weighted by molar-refractivity contribution is 7.17. The maximum absolute atomic E-state index is 12.9. The van der Waals surface area contributed by atoms with Gasteiger partial charge >= 0.3 is 5.97 Å². The van der Waals surface area contributed by atoms with Crippen LogP contribution in [0.15, 0.2) is 28.8 Å². The molecule has 1 aromatic carbocycles. The molecule has 0 aliphatic rings. The van der Waals surface area contributed by atoms with E-state index in [-0.39, 0.29) is 31.4 Å². The molecule has 2 amide bonds. The molecule has 0 unspecified atom stereocenters. The molecule has 0 atom stereocenters. The van der Waals surface area contributed by atoms with Crippen LogP contribution in [-0.4, -0.2) is 52.6 Å². The van der Waals surface area contributed by atoms with Crippen molar-refractivity contribution >= 4 is 34.3 Å². The van der Waals surface area contributed by atoms with Gasteiger partial charge in [-0.25, -0.2) is 9.78 Å². The lowest BCUT2D eigenvalue weighted by molar-refractivity contribution is -0.118. The molecule has 11 heteroatoms. The van der Waals surface area contributed by atoms with E-state index in [1.165, 1.54) is 0 Å². The Labute approximate surface area is 201 Å². The summed E-state index contributed by atoms with van der Waals surface area (Å²) in [6.07, 6.45) is 0.802. The molecular weight excluding hydrogens is 458 g/mol. The summed E-state index contributed by atoms with van der Waals surface area (Å²) in [5.41, 5.74) is 1.61. The predicted molar refractivity (Wildman–Crippen MR) is 127 cm³/mol. The number of benzene rings is 1. The average Bonchev–Trinajstić information content (AvgIpc) is 3.43. The van der Waals surface area contributed by atoms with Crippen molar-refractivity contribution in [3.05, 3.63) is 46.3 Å². The van der Waals surface area contributed by atoms with Crippen molar-refractivity contribution in [1.82, 2.24) is 20.4 Å². The molecule has 0 radical (unpaired) electrons. The van der Waals surface area contributed by atoms with E-state index in [1.54, 1.807) is 49.9 Å². The summed E-state index contributed by atoms with van der Waals surface area (Å²) >= 11 is 1.13. The minimum atomic E-state index is -0.446. The lowest BCUT2D eigenvalue weighted by Gasteiger charge is -2.19. The molecule has 2 aromatic heterocycles. The minimum absolute atomic E-state index is 0.0861. The van der Waals surface area contributed by atoms with Crippen LogP contribution >= 0.6 is 11.3 Å². The molecule has 0 saturated heterocycles. The van der Waals surface area contributed by atoms with E-state index < -0.39 is 5.97 Å². The van der Waals surface area contributed by atoms with Gasteiger partial charge in [0.1, 0.15) is 4.88 Å². The third-order valence-corrected chi connectivity index (χ3v) is 5.92. The van der Waals surface area contributed by atoms with Crippen LogP contribution in [0.25, 0.3) is 11.4 Å². The molecule has 2 heterocycles. The zero-order valence-corrected chi connectivity index (χ0v) is 20.4. The zero-order chi connectivity index (χ0) is 24.7. The normalized spacial score (nSPS) is 10.7. The lowest BCUT2D eigenvalue weighted by atomic mass is 10.1. The summed E-state index contributed by atoms with van der Waals surface area (Å²) in [4.78, 5) is 48.1. The Balaban J connectivity index is 1.62. The number of anilines is 1.